The van der Waals surface area contributed by atoms with Crippen molar-refractivity contribution in [3.63, 3.8) is 0 Å². The maximum absolute atomic E-state index is 10.6. The van der Waals surface area contributed by atoms with Gasteiger partial charge in [0.15, 0.2) is 5.79 Å². The average molecular weight is 374 g/mol. The summed E-state index contributed by atoms with van der Waals surface area (Å²) in [4.78, 5) is 0. The zero-order valence-electron chi connectivity index (χ0n) is 16.1. The van der Waals surface area contributed by atoms with Crippen LogP contribution in [-0.4, -0.2) is 48.0 Å². The Morgan fingerprint density at radius 3 is 2.67 bits per heavy atom. The number of aliphatic hydroxyl groups is 2. The average Bonchev–Trinajstić information content (AvgIpc) is 3.20. The summed E-state index contributed by atoms with van der Waals surface area (Å²) in [6.45, 7) is 5.86. The lowest BCUT2D eigenvalue weighted by Gasteiger charge is -2.68. The van der Waals surface area contributed by atoms with Crippen molar-refractivity contribution in [3.05, 3.63) is 42.5 Å². The van der Waals surface area contributed by atoms with Crippen LogP contribution in [0.25, 0.3) is 0 Å². The maximum Gasteiger partial charge on any atom is 0.176 e. The highest BCUT2D eigenvalue weighted by Crippen LogP contribution is 2.69. The molecule has 1 spiro atoms. The Labute approximate surface area is 160 Å². The molecule has 1 unspecified atom stereocenters. The minimum absolute atomic E-state index is 0.0106. The lowest BCUT2D eigenvalue weighted by Crippen LogP contribution is -2.73. The number of benzene rings is 1. The second-order valence-electron chi connectivity index (χ2n) is 8.36. The monoisotopic (exact) mass is 374 g/mol. The number of hydrogen-bond donors (Lipinski definition) is 2. The Bertz CT molecular complexity index is 669. The first kappa shape index (κ1) is 18.9. The number of aliphatic hydroxyl groups excluding tert-OH is 2. The van der Waals surface area contributed by atoms with Crippen LogP contribution < -0.4 is 4.74 Å². The predicted molar refractivity (Wildman–Crippen MR) is 101 cm³/mol. The third kappa shape index (κ3) is 3.01. The molecule has 2 saturated carbocycles. The normalized spacial score (nSPS) is 38.5. The smallest absolute Gasteiger partial charge is 0.176 e. The first-order valence-corrected chi connectivity index (χ1v) is 9.98. The van der Waals surface area contributed by atoms with E-state index >= 15 is 0 Å². The van der Waals surface area contributed by atoms with Crippen LogP contribution >= 0.6 is 0 Å². The van der Waals surface area contributed by atoms with Gasteiger partial charge in [-0.2, -0.15) is 0 Å². The highest BCUT2D eigenvalue weighted by molar-refractivity contribution is 5.22. The van der Waals surface area contributed by atoms with E-state index in [4.69, 9.17) is 14.2 Å². The topological polar surface area (TPSA) is 68.2 Å². The Kier molecular flexibility index (Phi) is 5.06. The molecule has 0 bridgehead atoms. The molecule has 27 heavy (non-hydrogen) atoms. The molecule has 1 saturated heterocycles. The first-order valence-electron chi connectivity index (χ1n) is 9.98. The van der Waals surface area contributed by atoms with Crippen LogP contribution in [0.1, 0.15) is 26.7 Å². The SMILES string of the molecule is CC1[C@H]2[C@H](/C=C/[C@H](O)COc3ccccc3)[C@@H](O)CC[C@@]2(C)C12OCCO2. The van der Waals surface area contributed by atoms with E-state index in [0.29, 0.717) is 13.2 Å². The van der Waals surface area contributed by atoms with E-state index in [1.54, 1.807) is 6.08 Å². The van der Waals surface area contributed by atoms with Gasteiger partial charge in [-0.05, 0) is 30.9 Å². The van der Waals surface area contributed by atoms with Gasteiger partial charge in [0.05, 0.1) is 19.3 Å². The van der Waals surface area contributed by atoms with Crippen LogP contribution in [0.2, 0.25) is 0 Å². The molecule has 3 fully saturated rings. The molecule has 2 N–H and O–H groups in total. The van der Waals surface area contributed by atoms with Gasteiger partial charge in [0.2, 0.25) is 0 Å². The summed E-state index contributed by atoms with van der Waals surface area (Å²) in [6, 6.07) is 9.46. The van der Waals surface area contributed by atoms with Gasteiger partial charge < -0.3 is 24.4 Å². The van der Waals surface area contributed by atoms with Crippen molar-refractivity contribution in [1.82, 2.24) is 0 Å². The molecule has 0 radical (unpaired) electrons. The molecule has 3 aliphatic rings. The van der Waals surface area contributed by atoms with E-state index in [2.05, 4.69) is 13.8 Å². The molecule has 0 amide bonds. The van der Waals surface area contributed by atoms with Crippen molar-refractivity contribution in [2.24, 2.45) is 23.2 Å². The van der Waals surface area contributed by atoms with Gasteiger partial charge in [-0.1, -0.05) is 44.2 Å². The standard InChI is InChI=1S/C22H30O5/c1-15-20-18(9-8-16(23)14-25-17-6-4-3-5-7-17)19(24)10-11-21(20,2)22(15)26-12-13-27-22/h3-9,15-16,18-20,23-24H,10-14H2,1-2H3/b9-8+/t15?,16-,18+,19-,20-,21+/m0/s1. The van der Waals surface area contributed by atoms with Crippen LogP contribution in [0, 0.1) is 23.2 Å². The van der Waals surface area contributed by atoms with E-state index in [-0.39, 0.29) is 29.8 Å². The fourth-order valence-corrected chi connectivity index (χ4v) is 5.70. The van der Waals surface area contributed by atoms with E-state index in [1.165, 1.54) is 0 Å². The molecule has 2 aliphatic carbocycles. The summed E-state index contributed by atoms with van der Waals surface area (Å²) >= 11 is 0. The van der Waals surface area contributed by atoms with E-state index < -0.39 is 18.0 Å². The Morgan fingerprint density at radius 1 is 1.26 bits per heavy atom. The molecule has 1 aromatic carbocycles. The van der Waals surface area contributed by atoms with Crippen molar-refractivity contribution in [2.75, 3.05) is 19.8 Å². The Morgan fingerprint density at radius 2 is 1.96 bits per heavy atom. The van der Waals surface area contributed by atoms with Crippen molar-refractivity contribution in [1.29, 1.82) is 0 Å². The van der Waals surface area contributed by atoms with Gasteiger partial charge in [0, 0.05) is 17.3 Å². The number of fused-ring (bicyclic) bond motifs is 2. The van der Waals surface area contributed by atoms with Gasteiger partial charge in [-0.25, -0.2) is 0 Å². The lowest BCUT2D eigenvalue weighted by molar-refractivity contribution is -0.380. The van der Waals surface area contributed by atoms with E-state index in [9.17, 15) is 10.2 Å². The van der Waals surface area contributed by atoms with Crippen molar-refractivity contribution in [2.45, 2.75) is 44.7 Å². The van der Waals surface area contributed by atoms with Crippen LogP contribution in [0.3, 0.4) is 0 Å². The quantitative estimate of drug-likeness (QED) is 0.776. The first-order chi connectivity index (χ1) is 13.0. The predicted octanol–water partition coefficient (Wildman–Crippen LogP) is 2.77. The van der Waals surface area contributed by atoms with Crippen molar-refractivity contribution in [3.8, 4) is 5.75 Å². The highest BCUT2D eigenvalue weighted by Gasteiger charge is 2.74. The van der Waals surface area contributed by atoms with Crippen LogP contribution in [-0.2, 0) is 9.47 Å². The van der Waals surface area contributed by atoms with Crippen LogP contribution in [0.15, 0.2) is 42.5 Å². The van der Waals surface area contributed by atoms with Crippen LogP contribution in [0.4, 0.5) is 0 Å². The second kappa shape index (κ2) is 7.21. The second-order valence-corrected chi connectivity index (χ2v) is 8.36. The summed E-state index contributed by atoms with van der Waals surface area (Å²) in [5, 5.41) is 20.9. The summed E-state index contributed by atoms with van der Waals surface area (Å²) in [5.41, 5.74) is -0.0946. The fraction of sp³-hybridized carbons (Fsp3) is 0.636. The van der Waals surface area contributed by atoms with Gasteiger partial charge in [-0.15, -0.1) is 0 Å². The Hall–Kier alpha value is -1.40. The molecule has 1 aromatic rings. The molecule has 148 valence electrons. The molecule has 5 nitrogen and oxygen atoms in total. The molecular formula is C22H30O5. The van der Waals surface area contributed by atoms with Crippen molar-refractivity contribution < 1.29 is 24.4 Å². The lowest BCUT2D eigenvalue weighted by atomic mass is 9.42. The third-order valence-corrected chi connectivity index (χ3v) is 6.92. The minimum Gasteiger partial charge on any atom is -0.491 e. The van der Waals surface area contributed by atoms with Crippen molar-refractivity contribution >= 4 is 0 Å². The zero-order valence-corrected chi connectivity index (χ0v) is 16.1. The molecule has 0 aromatic heterocycles. The zero-order chi connectivity index (χ0) is 19.1. The molecular weight excluding hydrogens is 344 g/mol. The number of rotatable bonds is 5. The number of para-hydroxylation sites is 1. The van der Waals surface area contributed by atoms with Gasteiger partial charge in [0.25, 0.3) is 0 Å². The largest absolute Gasteiger partial charge is 0.491 e. The van der Waals surface area contributed by atoms with Gasteiger partial charge in [0.1, 0.15) is 18.5 Å². The van der Waals surface area contributed by atoms with E-state index in [0.717, 1.165) is 18.6 Å². The summed E-state index contributed by atoms with van der Waals surface area (Å²) in [7, 11) is 0. The minimum atomic E-state index is -0.714. The summed E-state index contributed by atoms with van der Waals surface area (Å²) in [5.74, 6) is 0.716. The molecule has 1 heterocycles. The summed E-state index contributed by atoms with van der Waals surface area (Å²) in [6.07, 6.45) is 4.24. The van der Waals surface area contributed by atoms with Gasteiger partial charge in [-0.3, -0.25) is 0 Å². The molecule has 4 rings (SSSR count). The molecule has 5 heteroatoms. The third-order valence-electron chi connectivity index (χ3n) is 6.92. The summed E-state index contributed by atoms with van der Waals surface area (Å²) < 4.78 is 17.7. The van der Waals surface area contributed by atoms with E-state index in [1.807, 2.05) is 36.4 Å². The number of hydrogen-bond acceptors (Lipinski definition) is 5. The highest BCUT2D eigenvalue weighted by atomic mass is 16.7. The van der Waals surface area contributed by atoms with Crippen LogP contribution in [0.5, 0.6) is 5.75 Å². The Balaban J connectivity index is 1.42. The molecule has 6 atom stereocenters. The van der Waals surface area contributed by atoms with Gasteiger partial charge >= 0.3 is 0 Å². The number of ether oxygens (including phenoxy) is 3. The maximum atomic E-state index is 10.6. The fourth-order valence-electron chi connectivity index (χ4n) is 5.70. The molecule has 1 aliphatic heterocycles.